The fraction of sp³-hybridized carbons (Fsp3) is 0.727. The summed E-state index contributed by atoms with van der Waals surface area (Å²) in [5.74, 6) is -0.322. The topological polar surface area (TPSA) is 57.5 Å². The average molecular weight is 200 g/mol. The number of carbonyl (C=O) groups is 1. The number of Topliss-reactive ketones (excluding diaryl/α,β-unsaturated/α-hetero) is 1. The van der Waals surface area contributed by atoms with Gasteiger partial charge < -0.3 is 10.2 Å². The minimum atomic E-state index is -0.978. The van der Waals surface area contributed by atoms with E-state index in [1.54, 1.807) is 6.08 Å². The molecule has 0 radical (unpaired) electrons. The molecule has 0 aliphatic heterocycles. The molecule has 0 saturated heterocycles. The molecule has 0 heterocycles. The quantitative estimate of drug-likeness (QED) is 0.483. The summed E-state index contributed by atoms with van der Waals surface area (Å²) >= 11 is 0. The van der Waals surface area contributed by atoms with Crippen molar-refractivity contribution < 1.29 is 15.0 Å². The number of ketones is 1. The summed E-state index contributed by atoms with van der Waals surface area (Å²) in [6, 6.07) is 0. The van der Waals surface area contributed by atoms with Crippen LogP contribution in [0.1, 0.15) is 39.5 Å². The maximum absolute atomic E-state index is 11.0. The van der Waals surface area contributed by atoms with Crippen LogP contribution in [-0.4, -0.2) is 28.2 Å². The minimum absolute atomic E-state index is 0.000289. The van der Waals surface area contributed by atoms with E-state index in [9.17, 15) is 9.90 Å². The zero-order valence-corrected chi connectivity index (χ0v) is 8.94. The second-order valence-electron chi connectivity index (χ2n) is 3.48. The Bertz CT molecular complexity index is 185. The third-order valence-corrected chi connectivity index (χ3v) is 1.96. The molecule has 2 N–H and O–H groups in total. The van der Waals surface area contributed by atoms with E-state index in [-0.39, 0.29) is 12.2 Å². The van der Waals surface area contributed by atoms with Crippen LogP contribution >= 0.6 is 0 Å². The molecule has 0 spiro atoms. The first-order valence-electron chi connectivity index (χ1n) is 5.13. The highest BCUT2D eigenvalue weighted by atomic mass is 16.3. The lowest BCUT2D eigenvalue weighted by atomic mass is 10.1. The third kappa shape index (κ3) is 6.80. The molecule has 0 rings (SSSR count). The standard InChI is InChI=1S/C11H20O3/c1-3-4-5-6-7-10(13)8-11(14)9(2)12/h6-7,9-10,12-13H,3-5,8H2,1-2H3. The maximum Gasteiger partial charge on any atom is 0.163 e. The van der Waals surface area contributed by atoms with Crippen LogP contribution in [0.2, 0.25) is 0 Å². The Labute approximate surface area is 85.4 Å². The van der Waals surface area contributed by atoms with Crippen LogP contribution in [0.3, 0.4) is 0 Å². The van der Waals surface area contributed by atoms with Gasteiger partial charge in [-0.15, -0.1) is 0 Å². The molecule has 82 valence electrons. The summed E-state index contributed by atoms with van der Waals surface area (Å²) in [6.07, 6.45) is 4.90. The van der Waals surface area contributed by atoms with Crippen LogP contribution in [-0.2, 0) is 4.79 Å². The summed E-state index contributed by atoms with van der Waals surface area (Å²) in [5.41, 5.74) is 0. The summed E-state index contributed by atoms with van der Waals surface area (Å²) in [6.45, 7) is 3.51. The molecule has 2 unspecified atom stereocenters. The van der Waals surface area contributed by atoms with Crippen LogP contribution < -0.4 is 0 Å². The van der Waals surface area contributed by atoms with Crippen molar-refractivity contribution >= 4 is 5.78 Å². The van der Waals surface area contributed by atoms with Crippen LogP contribution in [0.25, 0.3) is 0 Å². The van der Waals surface area contributed by atoms with E-state index < -0.39 is 12.2 Å². The monoisotopic (exact) mass is 200 g/mol. The molecule has 3 nitrogen and oxygen atoms in total. The summed E-state index contributed by atoms with van der Waals surface area (Å²) < 4.78 is 0. The van der Waals surface area contributed by atoms with Gasteiger partial charge in [0.2, 0.25) is 0 Å². The molecule has 0 bridgehead atoms. The normalized spacial score (nSPS) is 15.7. The number of allylic oxidation sites excluding steroid dienone is 1. The Morgan fingerprint density at radius 2 is 2.07 bits per heavy atom. The minimum Gasteiger partial charge on any atom is -0.389 e. The van der Waals surface area contributed by atoms with Gasteiger partial charge in [-0.05, 0) is 13.3 Å². The van der Waals surface area contributed by atoms with Gasteiger partial charge in [0.15, 0.2) is 5.78 Å². The number of rotatable bonds is 7. The van der Waals surface area contributed by atoms with Gasteiger partial charge >= 0.3 is 0 Å². The zero-order valence-electron chi connectivity index (χ0n) is 8.94. The van der Waals surface area contributed by atoms with Gasteiger partial charge in [0.05, 0.1) is 6.10 Å². The second kappa shape index (κ2) is 7.71. The smallest absolute Gasteiger partial charge is 0.163 e. The number of hydrogen-bond donors (Lipinski definition) is 2. The first-order chi connectivity index (χ1) is 6.57. The van der Waals surface area contributed by atoms with Gasteiger partial charge in [-0.1, -0.05) is 31.9 Å². The van der Waals surface area contributed by atoms with Crippen LogP contribution in [0.15, 0.2) is 12.2 Å². The lowest BCUT2D eigenvalue weighted by Gasteiger charge is -2.06. The van der Waals surface area contributed by atoms with E-state index in [2.05, 4.69) is 6.92 Å². The maximum atomic E-state index is 11.0. The van der Waals surface area contributed by atoms with E-state index >= 15 is 0 Å². The van der Waals surface area contributed by atoms with Crippen molar-refractivity contribution in [3.8, 4) is 0 Å². The zero-order chi connectivity index (χ0) is 11.0. The predicted molar refractivity (Wildman–Crippen MR) is 56.0 cm³/mol. The van der Waals surface area contributed by atoms with Crippen LogP contribution in [0.4, 0.5) is 0 Å². The van der Waals surface area contributed by atoms with Gasteiger partial charge in [0, 0.05) is 6.42 Å². The molecule has 0 aromatic rings. The van der Waals surface area contributed by atoms with Crippen molar-refractivity contribution in [2.45, 2.75) is 51.7 Å². The van der Waals surface area contributed by atoms with Crippen molar-refractivity contribution in [2.24, 2.45) is 0 Å². The summed E-state index contributed by atoms with van der Waals surface area (Å²) in [5, 5.41) is 18.2. The Balaban J connectivity index is 3.69. The molecule has 2 atom stereocenters. The molecule has 0 saturated carbocycles. The van der Waals surface area contributed by atoms with E-state index in [0.29, 0.717) is 0 Å². The van der Waals surface area contributed by atoms with E-state index in [1.165, 1.54) is 6.92 Å². The number of unbranched alkanes of at least 4 members (excludes halogenated alkanes) is 2. The molecule has 0 aromatic heterocycles. The van der Waals surface area contributed by atoms with Crippen LogP contribution in [0.5, 0.6) is 0 Å². The SMILES string of the molecule is CCCCC=CC(O)CC(=O)C(C)O. The molecule has 0 amide bonds. The van der Waals surface area contributed by atoms with E-state index in [0.717, 1.165) is 19.3 Å². The molecule has 3 heteroatoms. The first kappa shape index (κ1) is 13.3. The average Bonchev–Trinajstić information content (AvgIpc) is 2.12. The van der Waals surface area contributed by atoms with Crippen molar-refractivity contribution in [1.29, 1.82) is 0 Å². The highest BCUT2D eigenvalue weighted by Crippen LogP contribution is 2.01. The van der Waals surface area contributed by atoms with Gasteiger partial charge in [-0.3, -0.25) is 4.79 Å². The first-order valence-corrected chi connectivity index (χ1v) is 5.13. The lowest BCUT2D eigenvalue weighted by molar-refractivity contribution is -0.127. The molecule has 0 aliphatic carbocycles. The second-order valence-corrected chi connectivity index (χ2v) is 3.48. The Kier molecular flexibility index (Phi) is 7.34. The van der Waals surface area contributed by atoms with Crippen molar-refractivity contribution in [3.05, 3.63) is 12.2 Å². The van der Waals surface area contributed by atoms with Gasteiger partial charge in [-0.25, -0.2) is 0 Å². The van der Waals surface area contributed by atoms with E-state index in [1.807, 2.05) is 6.08 Å². The molecular weight excluding hydrogens is 180 g/mol. The number of carbonyl (C=O) groups excluding carboxylic acids is 1. The number of hydrogen-bond acceptors (Lipinski definition) is 3. The fourth-order valence-corrected chi connectivity index (χ4v) is 1.02. The third-order valence-electron chi connectivity index (χ3n) is 1.96. The van der Waals surface area contributed by atoms with Crippen molar-refractivity contribution in [3.63, 3.8) is 0 Å². The number of aliphatic hydroxyl groups excluding tert-OH is 2. The molecular formula is C11H20O3. The number of aliphatic hydroxyl groups is 2. The molecule has 0 aromatic carbocycles. The van der Waals surface area contributed by atoms with Gasteiger partial charge in [-0.2, -0.15) is 0 Å². The molecule has 0 fully saturated rings. The molecule has 14 heavy (non-hydrogen) atoms. The summed E-state index contributed by atoms with van der Waals surface area (Å²) in [7, 11) is 0. The van der Waals surface area contributed by atoms with Gasteiger partial charge in [0.25, 0.3) is 0 Å². The van der Waals surface area contributed by atoms with E-state index in [4.69, 9.17) is 5.11 Å². The molecule has 0 aliphatic rings. The summed E-state index contributed by atoms with van der Waals surface area (Å²) in [4.78, 5) is 11.0. The van der Waals surface area contributed by atoms with Crippen molar-refractivity contribution in [2.75, 3.05) is 0 Å². The highest BCUT2D eigenvalue weighted by Gasteiger charge is 2.12. The Morgan fingerprint density at radius 3 is 2.57 bits per heavy atom. The van der Waals surface area contributed by atoms with Crippen LogP contribution in [0, 0.1) is 0 Å². The fourth-order valence-electron chi connectivity index (χ4n) is 1.02. The highest BCUT2D eigenvalue weighted by molar-refractivity contribution is 5.82. The Morgan fingerprint density at radius 1 is 1.43 bits per heavy atom. The van der Waals surface area contributed by atoms with Crippen molar-refractivity contribution in [1.82, 2.24) is 0 Å². The predicted octanol–water partition coefficient (Wildman–Crippen LogP) is 1.43. The lowest BCUT2D eigenvalue weighted by Crippen LogP contribution is -2.21. The van der Waals surface area contributed by atoms with Gasteiger partial charge in [0.1, 0.15) is 6.10 Å². The Hall–Kier alpha value is -0.670. The largest absolute Gasteiger partial charge is 0.389 e.